The van der Waals surface area contributed by atoms with Crippen LogP contribution in [0.25, 0.3) is 15.8 Å². The summed E-state index contributed by atoms with van der Waals surface area (Å²) >= 11 is 3.31. The molecule has 2 aromatic heterocycles. The van der Waals surface area contributed by atoms with Crippen molar-refractivity contribution in [3.8, 4) is 21.9 Å². The molecule has 0 saturated heterocycles. The number of rotatable bonds is 3. The minimum Gasteiger partial charge on any atom is -0.370 e. The zero-order valence-corrected chi connectivity index (χ0v) is 12.2. The van der Waals surface area contributed by atoms with E-state index in [1.807, 2.05) is 38.4 Å². The van der Waals surface area contributed by atoms with Crippen molar-refractivity contribution in [3.05, 3.63) is 34.7 Å². The van der Waals surface area contributed by atoms with Gasteiger partial charge in [-0.25, -0.2) is 0 Å². The predicted octanol–water partition coefficient (Wildman–Crippen LogP) is 3.97. The van der Waals surface area contributed by atoms with Gasteiger partial charge in [0.05, 0.1) is 5.00 Å². The van der Waals surface area contributed by atoms with Crippen molar-refractivity contribution in [1.29, 1.82) is 10.5 Å². The average Bonchev–Trinajstić information content (AvgIpc) is 3.04. The molecule has 0 aliphatic rings. The lowest BCUT2D eigenvalue weighted by atomic mass is 10.3. The van der Waals surface area contributed by atoms with Crippen LogP contribution >= 0.6 is 22.7 Å². The lowest BCUT2D eigenvalue weighted by Gasteiger charge is -2.06. The molecular weight excluding hydrogens is 274 g/mol. The first-order chi connectivity index (χ1) is 9.13. The zero-order chi connectivity index (χ0) is 13.8. The van der Waals surface area contributed by atoms with Crippen LogP contribution in [0.1, 0.15) is 4.88 Å². The van der Waals surface area contributed by atoms with Crippen molar-refractivity contribution in [3.63, 3.8) is 0 Å². The first kappa shape index (κ1) is 13.4. The Kier molecular flexibility index (Phi) is 4.01. The summed E-state index contributed by atoms with van der Waals surface area (Å²) in [5.74, 6) is 0. The molecule has 0 aliphatic carbocycles. The van der Waals surface area contributed by atoms with Gasteiger partial charge in [-0.1, -0.05) is 0 Å². The van der Waals surface area contributed by atoms with Gasteiger partial charge in [0.15, 0.2) is 0 Å². The van der Waals surface area contributed by atoms with Crippen LogP contribution in [0.3, 0.4) is 0 Å². The second kappa shape index (κ2) is 5.71. The average molecular weight is 285 g/mol. The number of anilines is 1. The lowest BCUT2D eigenvalue weighted by molar-refractivity contribution is 1.16. The monoisotopic (exact) mass is 285 g/mol. The van der Waals surface area contributed by atoms with Crippen LogP contribution in [-0.4, -0.2) is 14.1 Å². The third kappa shape index (κ3) is 3.03. The van der Waals surface area contributed by atoms with Gasteiger partial charge in [0.25, 0.3) is 0 Å². The van der Waals surface area contributed by atoms with E-state index in [1.165, 1.54) is 9.88 Å². The van der Waals surface area contributed by atoms with E-state index >= 15 is 0 Å². The van der Waals surface area contributed by atoms with E-state index in [0.29, 0.717) is 0 Å². The molecule has 0 amide bonds. The number of hydrogen-bond acceptors (Lipinski definition) is 5. The molecule has 3 nitrogen and oxygen atoms in total. The SMILES string of the molecule is CN(C)c1ccc(-c2ccc(C=C(C#N)C#N)s2)s1. The van der Waals surface area contributed by atoms with E-state index in [9.17, 15) is 0 Å². The molecule has 19 heavy (non-hydrogen) atoms. The van der Waals surface area contributed by atoms with Crippen molar-refractivity contribution in [2.45, 2.75) is 0 Å². The highest BCUT2D eigenvalue weighted by molar-refractivity contribution is 7.24. The Hall–Kier alpha value is -2.08. The number of hydrogen-bond donors (Lipinski definition) is 0. The fourth-order valence-corrected chi connectivity index (χ4v) is 3.47. The van der Waals surface area contributed by atoms with Crippen molar-refractivity contribution in [1.82, 2.24) is 0 Å². The van der Waals surface area contributed by atoms with E-state index in [0.717, 1.165) is 9.75 Å². The Morgan fingerprint density at radius 1 is 1.05 bits per heavy atom. The quantitative estimate of drug-likeness (QED) is 0.802. The highest BCUT2D eigenvalue weighted by Crippen LogP contribution is 2.37. The highest BCUT2D eigenvalue weighted by atomic mass is 32.1. The fraction of sp³-hybridized carbons (Fsp3) is 0.143. The molecule has 0 spiro atoms. The summed E-state index contributed by atoms with van der Waals surface area (Å²) in [7, 11) is 4.04. The third-order valence-corrected chi connectivity index (χ3v) is 4.91. The lowest BCUT2D eigenvalue weighted by Crippen LogP contribution is -2.05. The summed E-state index contributed by atoms with van der Waals surface area (Å²) in [6.45, 7) is 0. The minimum atomic E-state index is 0.133. The molecule has 5 heteroatoms. The van der Waals surface area contributed by atoms with Crippen LogP contribution in [-0.2, 0) is 0 Å². The maximum absolute atomic E-state index is 8.74. The van der Waals surface area contributed by atoms with Crippen LogP contribution in [0.15, 0.2) is 29.8 Å². The van der Waals surface area contributed by atoms with Gasteiger partial charge in [-0.2, -0.15) is 10.5 Å². The van der Waals surface area contributed by atoms with Crippen LogP contribution in [0, 0.1) is 22.7 Å². The predicted molar refractivity (Wildman–Crippen MR) is 81.2 cm³/mol. The van der Waals surface area contributed by atoms with E-state index in [4.69, 9.17) is 10.5 Å². The van der Waals surface area contributed by atoms with E-state index < -0.39 is 0 Å². The Balaban J connectivity index is 2.29. The van der Waals surface area contributed by atoms with Gasteiger partial charge < -0.3 is 4.90 Å². The van der Waals surface area contributed by atoms with Crippen molar-refractivity contribution in [2.24, 2.45) is 0 Å². The summed E-state index contributed by atoms with van der Waals surface area (Å²) in [5.41, 5.74) is 0.133. The molecule has 2 heterocycles. The number of nitrogens with zero attached hydrogens (tertiary/aromatic N) is 3. The van der Waals surface area contributed by atoms with Crippen LogP contribution in [0.2, 0.25) is 0 Å². The van der Waals surface area contributed by atoms with Gasteiger partial charge >= 0.3 is 0 Å². The van der Waals surface area contributed by atoms with Crippen molar-refractivity contribution in [2.75, 3.05) is 19.0 Å². The molecule has 0 unspecified atom stereocenters. The third-order valence-electron chi connectivity index (χ3n) is 2.43. The highest BCUT2D eigenvalue weighted by Gasteiger charge is 2.07. The Morgan fingerprint density at radius 2 is 1.68 bits per heavy atom. The second-order valence-corrected chi connectivity index (χ2v) is 6.19. The normalized spacial score (nSPS) is 9.47. The van der Waals surface area contributed by atoms with Gasteiger partial charge in [-0.3, -0.25) is 0 Å². The molecule has 0 radical (unpaired) electrons. The molecule has 0 saturated carbocycles. The molecule has 0 atom stereocenters. The molecule has 0 aromatic carbocycles. The van der Waals surface area contributed by atoms with E-state index in [1.54, 1.807) is 28.7 Å². The number of thiophene rings is 2. The minimum absolute atomic E-state index is 0.133. The molecule has 0 aliphatic heterocycles. The summed E-state index contributed by atoms with van der Waals surface area (Å²) in [6, 6.07) is 11.9. The first-order valence-electron chi connectivity index (χ1n) is 5.53. The van der Waals surface area contributed by atoms with Crippen LogP contribution in [0.4, 0.5) is 5.00 Å². The molecule has 2 aromatic rings. The smallest absolute Gasteiger partial charge is 0.131 e. The Bertz CT molecular complexity index is 677. The summed E-state index contributed by atoms with van der Waals surface area (Å²) < 4.78 is 0. The van der Waals surface area contributed by atoms with Crippen LogP contribution in [0.5, 0.6) is 0 Å². The molecule has 0 bridgehead atoms. The number of allylic oxidation sites excluding steroid dienone is 1. The summed E-state index contributed by atoms with van der Waals surface area (Å²) in [6.07, 6.45) is 1.62. The standard InChI is InChI=1S/C14H11N3S2/c1-17(2)14-6-5-13(19-14)12-4-3-11(18-12)7-10(8-15)9-16/h3-7H,1-2H3. The second-order valence-electron chi connectivity index (χ2n) is 4.02. The van der Waals surface area contributed by atoms with E-state index in [-0.39, 0.29) is 5.57 Å². The molecule has 0 N–H and O–H groups in total. The Morgan fingerprint density at radius 3 is 2.26 bits per heavy atom. The largest absolute Gasteiger partial charge is 0.370 e. The molecule has 0 fully saturated rings. The van der Waals surface area contributed by atoms with Gasteiger partial charge in [0.2, 0.25) is 0 Å². The molecule has 94 valence electrons. The summed E-state index contributed by atoms with van der Waals surface area (Å²) in [4.78, 5) is 5.35. The fourth-order valence-electron chi connectivity index (χ4n) is 1.50. The van der Waals surface area contributed by atoms with Gasteiger partial charge in [0.1, 0.15) is 17.7 Å². The first-order valence-corrected chi connectivity index (χ1v) is 7.16. The molecule has 2 rings (SSSR count). The number of nitriles is 2. The zero-order valence-electron chi connectivity index (χ0n) is 10.5. The van der Waals surface area contributed by atoms with Gasteiger partial charge in [-0.15, -0.1) is 22.7 Å². The Labute approximate surface area is 120 Å². The topological polar surface area (TPSA) is 50.8 Å². The van der Waals surface area contributed by atoms with E-state index in [2.05, 4.69) is 17.0 Å². The van der Waals surface area contributed by atoms with Gasteiger partial charge in [-0.05, 0) is 30.3 Å². The van der Waals surface area contributed by atoms with Crippen molar-refractivity contribution >= 4 is 33.8 Å². The van der Waals surface area contributed by atoms with Gasteiger partial charge in [0, 0.05) is 28.7 Å². The maximum atomic E-state index is 8.74. The van der Waals surface area contributed by atoms with Crippen LogP contribution < -0.4 is 4.90 Å². The molecular formula is C14H11N3S2. The summed E-state index contributed by atoms with van der Waals surface area (Å²) in [5, 5.41) is 18.7. The maximum Gasteiger partial charge on any atom is 0.131 e. The van der Waals surface area contributed by atoms with Crippen molar-refractivity contribution < 1.29 is 0 Å².